The number of aliphatic hydroxyl groups is 1. The van der Waals surface area contributed by atoms with Crippen LogP contribution in [-0.4, -0.2) is 29.6 Å². The number of nitrogens with zero attached hydrogens (tertiary/aromatic N) is 1. The molecule has 138 valence electrons. The smallest absolute Gasteiger partial charge is 0.159 e. The van der Waals surface area contributed by atoms with Gasteiger partial charge >= 0.3 is 0 Å². The fourth-order valence-corrected chi connectivity index (χ4v) is 3.29. The summed E-state index contributed by atoms with van der Waals surface area (Å²) in [6, 6.07) is 13.6. The van der Waals surface area contributed by atoms with E-state index in [9.17, 15) is 13.9 Å². The highest BCUT2D eigenvalue weighted by atomic mass is 19.2. The molecular weight excluding hydrogens is 334 g/mol. The summed E-state index contributed by atoms with van der Waals surface area (Å²) in [7, 11) is 0. The van der Waals surface area contributed by atoms with Crippen LogP contribution in [0.1, 0.15) is 24.0 Å². The lowest BCUT2D eigenvalue weighted by Crippen LogP contribution is -2.30. The van der Waals surface area contributed by atoms with Crippen molar-refractivity contribution in [2.24, 2.45) is 0 Å². The quantitative estimate of drug-likeness (QED) is 0.881. The average molecular weight is 358 g/mol. The molecule has 0 bridgehead atoms. The van der Waals surface area contributed by atoms with Gasteiger partial charge in [-0.15, -0.1) is 0 Å². The largest absolute Gasteiger partial charge is 0.391 e. The molecule has 2 N–H and O–H groups in total. The molecule has 1 atom stereocenters. The number of hydrogen-bond donors (Lipinski definition) is 2. The average Bonchev–Trinajstić information content (AvgIpc) is 3.33. The van der Waals surface area contributed by atoms with E-state index in [1.807, 2.05) is 36.5 Å². The SMILES string of the molecule is C1=CNCC1.OC1(c2ccc(F)c(F)c2)CCN(Cc2ccccc2)C1. The van der Waals surface area contributed by atoms with Crippen LogP contribution >= 0.6 is 0 Å². The van der Waals surface area contributed by atoms with Gasteiger partial charge in [-0.25, -0.2) is 8.78 Å². The van der Waals surface area contributed by atoms with Crippen molar-refractivity contribution in [2.75, 3.05) is 19.6 Å². The molecule has 1 saturated heterocycles. The van der Waals surface area contributed by atoms with Gasteiger partial charge in [0.15, 0.2) is 11.6 Å². The van der Waals surface area contributed by atoms with Gasteiger partial charge in [-0.3, -0.25) is 4.90 Å². The van der Waals surface area contributed by atoms with Gasteiger partial charge in [-0.05, 0) is 42.3 Å². The van der Waals surface area contributed by atoms with Crippen LogP contribution in [0.3, 0.4) is 0 Å². The summed E-state index contributed by atoms with van der Waals surface area (Å²) in [5.74, 6) is -1.80. The van der Waals surface area contributed by atoms with Gasteiger partial charge in [-0.2, -0.15) is 0 Å². The van der Waals surface area contributed by atoms with Crippen molar-refractivity contribution < 1.29 is 13.9 Å². The van der Waals surface area contributed by atoms with E-state index < -0.39 is 17.2 Å². The second kappa shape index (κ2) is 8.43. The first-order valence-electron chi connectivity index (χ1n) is 8.89. The molecule has 26 heavy (non-hydrogen) atoms. The number of hydrogen-bond acceptors (Lipinski definition) is 3. The Kier molecular flexibility index (Phi) is 6.01. The molecule has 5 heteroatoms. The Balaban J connectivity index is 0.000000339. The normalized spacial score (nSPS) is 22.0. The van der Waals surface area contributed by atoms with Gasteiger partial charge in [0.2, 0.25) is 0 Å². The zero-order valence-corrected chi connectivity index (χ0v) is 14.7. The van der Waals surface area contributed by atoms with Gasteiger partial charge in [-0.1, -0.05) is 42.5 Å². The Morgan fingerprint density at radius 2 is 1.88 bits per heavy atom. The summed E-state index contributed by atoms with van der Waals surface area (Å²) in [6.07, 6.45) is 5.84. The molecule has 3 nitrogen and oxygen atoms in total. The van der Waals surface area contributed by atoms with Crippen molar-refractivity contribution >= 4 is 0 Å². The van der Waals surface area contributed by atoms with Gasteiger partial charge in [0.25, 0.3) is 0 Å². The van der Waals surface area contributed by atoms with E-state index in [4.69, 9.17) is 0 Å². The van der Waals surface area contributed by atoms with Crippen molar-refractivity contribution in [2.45, 2.75) is 25.0 Å². The van der Waals surface area contributed by atoms with Crippen LogP contribution in [0.5, 0.6) is 0 Å². The first kappa shape index (κ1) is 18.5. The molecule has 2 aliphatic rings. The van der Waals surface area contributed by atoms with Gasteiger partial charge in [0.1, 0.15) is 5.60 Å². The Hall–Kier alpha value is -2.24. The van der Waals surface area contributed by atoms with Crippen LogP contribution in [-0.2, 0) is 12.1 Å². The first-order valence-corrected chi connectivity index (χ1v) is 8.89. The summed E-state index contributed by atoms with van der Waals surface area (Å²) in [6.45, 7) is 3.03. The Labute approximate surface area is 153 Å². The van der Waals surface area contributed by atoms with E-state index >= 15 is 0 Å². The highest BCUT2D eigenvalue weighted by Gasteiger charge is 2.37. The standard InChI is InChI=1S/C17H17F2NO.C4H7N/c18-15-7-6-14(10-16(15)19)17(21)8-9-20(12-17)11-13-4-2-1-3-5-13;1-2-4-5-3-1/h1-7,10,21H,8-9,11-12H2;1,3,5H,2,4H2. The number of β-amino-alcohol motifs (C(OH)–C–C–N with tert-alkyl or cyclic N) is 1. The Bertz CT molecular complexity index is 745. The van der Waals surface area contributed by atoms with E-state index in [0.717, 1.165) is 31.8 Å². The maximum Gasteiger partial charge on any atom is 0.159 e. The number of halogens is 2. The molecule has 4 rings (SSSR count). The molecule has 2 aliphatic heterocycles. The summed E-state index contributed by atoms with van der Waals surface area (Å²) in [4.78, 5) is 2.12. The molecule has 0 amide bonds. The second-order valence-electron chi connectivity index (χ2n) is 6.75. The zero-order valence-electron chi connectivity index (χ0n) is 14.7. The molecule has 0 aromatic heterocycles. The minimum Gasteiger partial charge on any atom is -0.391 e. The number of rotatable bonds is 3. The van der Waals surface area contributed by atoms with Gasteiger partial charge in [0.05, 0.1) is 0 Å². The van der Waals surface area contributed by atoms with E-state index in [1.165, 1.54) is 18.1 Å². The molecule has 0 saturated carbocycles. The summed E-state index contributed by atoms with van der Waals surface area (Å²) >= 11 is 0. The number of likely N-dealkylation sites (tertiary alicyclic amines) is 1. The Morgan fingerprint density at radius 1 is 1.08 bits per heavy atom. The number of benzene rings is 2. The topological polar surface area (TPSA) is 35.5 Å². The lowest BCUT2D eigenvalue weighted by Gasteiger charge is -2.24. The lowest BCUT2D eigenvalue weighted by molar-refractivity contribution is 0.0449. The third kappa shape index (κ3) is 4.68. The molecule has 0 radical (unpaired) electrons. The Morgan fingerprint density at radius 3 is 2.50 bits per heavy atom. The predicted octanol–water partition coefficient (Wildman–Crippen LogP) is 3.55. The predicted molar refractivity (Wildman–Crippen MR) is 98.4 cm³/mol. The van der Waals surface area contributed by atoms with E-state index in [1.54, 1.807) is 0 Å². The number of nitrogens with one attached hydrogen (secondary N) is 1. The molecular formula is C21H24F2N2O. The summed E-state index contributed by atoms with van der Waals surface area (Å²) in [5.41, 5.74) is 0.507. The lowest BCUT2D eigenvalue weighted by atomic mass is 9.93. The maximum absolute atomic E-state index is 13.3. The van der Waals surface area contributed by atoms with Crippen molar-refractivity contribution in [3.63, 3.8) is 0 Å². The molecule has 2 aromatic carbocycles. The van der Waals surface area contributed by atoms with Crippen LogP contribution < -0.4 is 5.32 Å². The third-order valence-electron chi connectivity index (χ3n) is 4.72. The summed E-state index contributed by atoms with van der Waals surface area (Å²) in [5, 5.41) is 13.7. The van der Waals surface area contributed by atoms with Crippen LogP contribution in [0.4, 0.5) is 8.78 Å². The van der Waals surface area contributed by atoms with Gasteiger partial charge < -0.3 is 10.4 Å². The van der Waals surface area contributed by atoms with Crippen LogP contribution in [0.2, 0.25) is 0 Å². The highest BCUT2D eigenvalue weighted by molar-refractivity contribution is 5.26. The van der Waals surface area contributed by atoms with Crippen molar-refractivity contribution in [3.05, 3.63) is 83.6 Å². The fourth-order valence-electron chi connectivity index (χ4n) is 3.29. The fraction of sp³-hybridized carbons (Fsp3) is 0.333. The summed E-state index contributed by atoms with van der Waals surface area (Å²) < 4.78 is 26.4. The van der Waals surface area contributed by atoms with Gasteiger partial charge in [0, 0.05) is 26.2 Å². The van der Waals surface area contributed by atoms with Crippen LogP contribution in [0.25, 0.3) is 0 Å². The van der Waals surface area contributed by atoms with Crippen molar-refractivity contribution in [3.8, 4) is 0 Å². The highest BCUT2D eigenvalue weighted by Crippen LogP contribution is 2.33. The minimum atomic E-state index is -1.11. The zero-order chi connectivity index (χ0) is 18.4. The first-order chi connectivity index (χ1) is 12.6. The third-order valence-corrected chi connectivity index (χ3v) is 4.72. The van der Waals surface area contributed by atoms with E-state index in [-0.39, 0.29) is 0 Å². The van der Waals surface area contributed by atoms with Crippen LogP contribution in [0, 0.1) is 11.6 Å². The van der Waals surface area contributed by atoms with Crippen molar-refractivity contribution in [1.29, 1.82) is 0 Å². The molecule has 2 aromatic rings. The molecule has 0 spiro atoms. The molecule has 1 unspecified atom stereocenters. The van der Waals surface area contributed by atoms with E-state index in [2.05, 4.69) is 16.3 Å². The van der Waals surface area contributed by atoms with E-state index in [0.29, 0.717) is 18.5 Å². The monoisotopic (exact) mass is 358 g/mol. The van der Waals surface area contributed by atoms with Crippen LogP contribution in [0.15, 0.2) is 60.8 Å². The maximum atomic E-state index is 13.3. The minimum absolute atomic E-state index is 0.424. The molecule has 0 aliphatic carbocycles. The van der Waals surface area contributed by atoms with Crippen molar-refractivity contribution in [1.82, 2.24) is 10.2 Å². The molecule has 1 fully saturated rings. The second-order valence-corrected chi connectivity index (χ2v) is 6.75. The molecule has 2 heterocycles.